The fourth-order valence-corrected chi connectivity index (χ4v) is 5.41. The van der Waals surface area contributed by atoms with Crippen molar-refractivity contribution in [3.05, 3.63) is 41.9 Å². The number of carbonyl (C=O) groups excluding carboxylic acids is 1. The van der Waals surface area contributed by atoms with Crippen molar-refractivity contribution in [1.82, 2.24) is 29.7 Å². The van der Waals surface area contributed by atoms with Gasteiger partial charge in [0.25, 0.3) is 5.91 Å². The molecule has 1 aliphatic carbocycles. The Labute approximate surface area is 212 Å². The summed E-state index contributed by atoms with van der Waals surface area (Å²) < 4.78 is 39.3. The first-order valence-corrected chi connectivity index (χ1v) is 12.7. The number of nitrogens with one attached hydrogen (secondary N) is 2. The van der Waals surface area contributed by atoms with Gasteiger partial charge in [-0.25, -0.2) is 19.9 Å². The maximum Gasteiger partial charge on any atom is 0.390 e. The summed E-state index contributed by atoms with van der Waals surface area (Å²) in [6, 6.07) is 0.207. The molecule has 12 heteroatoms. The molecule has 37 heavy (non-hydrogen) atoms. The molecule has 9 nitrogen and oxygen atoms in total. The molecular formula is C25H31F3N8O. The van der Waals surface area contributed by atoms with Crippen LogP contribution in [-0.4, -0.2) is 62.1 Å². The normalized spacial score (nSPS) is 20.4. The van der Waals surface area contributed by atoms with Crippen LogP contribution in [0.3, 0.4) is 0 Å². The van der Waals surface area contributed by atoms with Crippen molar-refractivity contribution in [3.8, 4) is 0 Å². The van der Waals surface area contributed by atoms with Gasteiger partial charge in [0.05, 0.1) is 36.4 Å². The summed E-state index contributed by atoms with van der Waals surface area (Å²) in [4.78, 5) is 32.8. The first-order chi connectivity index (χ1) is 17.7. The predicted octanol–water partition coefficient (Wildman–Crippen LogP) is 3.93. The van der Waals surface area contributed by atoms with Crippen LogP contribution in [0.1, 0.15) is 54.0 Å². The number of aromatic nitrogens is 5. The number of hydrogen-bond donors (Lipinski definition) is 2. The van der Waals surface area contributed by atoms with Crippen LogP contribution in [-0.2, 0) is 0 Å². The lowest BCUT2D eigenvalue weighted by atomic mass is 9.75. The topological polar surface area (TPSA) is 100 Å². The second kappa shape index (κ2) is 10.2. The Morgan fingerprint density at radius 3 is 2.59 bits per heavy atom. The Kier molecular flexibility index (Phi) is 7.02. The molecule has 198 valence electrons. The van der Waals surface area contributed by atoms with Gasteiger partial charge in [0.2, 0.25) is 0 Å². The van der Waals surface area contributed by atoms with Crippen molar-refractivity contribution in [2.24, 2.45) is 11.8 Å². The minimum absolute atomic E-state index is 0.0667. The number of imidazole rings is 1. The second-order valence-electron chi connectivity index (χ2n) is 10.0. The average molecular weight is 517 g/mol. The Bertz CT molecular complexity index is 1260. The first kappa shape index (κ1) is 25.4. The third-order valence-corrected chi connectivity index (χ3v) is 7.34. The zero-order chi connectivity index (χ0) is 26.2. The number of aryl methyl sites for hydroxylation is 2. The van der Waals surface area contributed by atoms with Gasteiger partial charge in [-0.1, -0.05) is 6.42 Å². The number of alkyl halides is 3. The molecule has 2 fully saturated rings. The molecular weight excluding hydrogens is 485 g/mol. The van der Waals surface area contributed by atoms with Crippen molar-refractivity contribution < 1.29 is 18.0 Å². The second-order valence-corrected chi connectivity index (χ2v) is 10.0. The summed E-state index contributed by atoms with van der Waals surface area (Å²) in [5.41, 5.74) is 2.47. The van der Waals surface area contributed by atoms with Crippen LogP contribution in [0, 0.1) is 25.7 Å². The highest BCUT2D eigenvalue weighted by Crippen LogP contribution is 2.41. The highest BCUT2D eigenvalue weighted by Gasteiger charge is 2.42. The smallest absolute Gasteiger partial charge is 0.352 e. The van der Waals surface area contributed by atoms with Crippen LogP contribution in [0.5, 0.6) is 0 Å². The van der Waals surface area contributed by atoms with Gasteiger partial charge in [-0.05, 0) is 51.5 Å². The zero-order valence-corrected chi connectivity index (χ0v) is 20.9. The van der Waals surface area contributed by atoms with Gasteiger partial charge in [0.15, 0.2) is 5.65 Å². The van der Waals surface area contributed by atoms with Gasteiger partial charge < -0.3 is 19.9 Å². The maximum absolute atomic E-state index is 12.8. The van der Waals surface area contributed by atoms with Crippen LogP contribution in [0.4, 0.5) is 24.8 Å². The molecule has 2 N–H and O–H groups in total. The van der Waals surface area contributed by atoms with E-state index in [1.54, 1.807) is 12.4 Å². The van der Waals surface area contributed by atoms with Crippen LogP contribution in [0.15, 0.2) is 24.8 Å². The fourth-order valence-electron chi connectivity index (χ4n) is 5.41. The summed E-state index contributed by atoms with van der Waals surface area (Å²) >= 11 is 0. The molecule has 5 rings (SSSR count). The minimum Gasteiger partial charge on any atom is -0.352 e. The maximum atomic E-state index is 12.8. The van der Waals surface area contributed by atoms with Crippen LogP contribution in [0.2, 0.25) is 0 Å². The Balaban J connectivity index is 1.24. The monoisotopic (exact) mass is 516 g/mol. The number of rotatable bonds is 8. The standard InChI is InChI=1S/C25H31F3N8O/c1-15-13-35-14-20(33-16(2)23(35)32-15)34-24(37)19-11-31-21(12-30-19)36-9-6-18(22(36)17-4-3-5-17)10-29-8-7-25(26,27)28/h11-14,17-18,22,29H,3-10H2,1-2H3,(H,34,37)/t18-,22?/m0/s1. The van der Waals surface area contributed by atoms with Crippen LogP contribution < -0.4 is 15.5 Å². The third-order valence-electron chi connectivity index (χ3n) is 7.34. The highest BCUT2D eigenvalue weighted by atomic mass is 19.4. The number of hydrogen-bond acceptors (Lipinski definition) is 7. The molecule has 0 aromatic carbocycles. The van der Waals surface area contributed by atoms with Gasteiger partial charge in [0, 0.05) is 25.3 Å². The number of carbonyl (C=O) groups is 1. The van der Waals surface area contributed by atoms with E-state index in [-0.39, 0.29) is 24.2 Å². The van der Waals surface area contributed by atoms with Gasteiger partial charge in [-0.2, -0.15) is 13.2 Å². The van der Waals surface area contributed by atoms with Crippen molar-refractivity contribution in [1.29, 1.82) is 0 Å². The van der Waals surface area contributed by atoms with E-state index in [1.165, 1.54) is 12.6 Å². The van der Waals surface area contributed by atoms with Crippen molar-refractivity contribution in [2.75, 3.05) is 29.9 Å². The molecule has 3 aromatic heterocycles. The summed E-state index contributed by atoms with van der Waals surface area (Å²) in [6.07, 6.45) is 5.95. The predicted molar refractivity (Wildman–Crippen MR) is 133 cm³/mol. The van der Waals surface area contributed by atoms with E-state index in [0.29, 0.717) is 29.8 Å². The molecule has 2 aliphatic rings. The largest absolute Gasteiger partial charge is 0.390 e. The van der Waals surface area contributed by atoms with E-state index in [9.17, 15) is 18.0 Å². The molecule has 1 saturated heterocycles. The summed E-state index contributed by atoms with van der Waals surface area (Å²) in [7, 11) is 0. The average Bonchev–Trinajstić information content (AvgIpc) is 3.38. The lowest BCUT2D eigenvalue weighted by Crippen LogP contribution is -2.45. The molecule has 1 saturated carbocycles. The summed E-state index contributed by atoms with van der Waals surface area (Å²) in [6.45, 7) is 4.97. The van der Waals surface area contributed by atoms with Crippen molar-refractivity contribution >= 4 is 23.2 Å². The minimum atomic E-state index is -4.15. The van der Waals surface area contributed by atoms with E-state index in [2.05, 4.69) is 35.5 Å². The quantitative estimate of drug-likeness (QED) is 0.438. The molecule has 4 heterocycles. The van der Waals surface area contributed by atoms with Gasteiger partial charge in [-0.15, -0.1) is 0 Å². The molecule has 0 radical (unpaired) electrons. The SMILES string of the molecule is Cc1cn2cc(NC(=O)c3cnc(N4CC[C@@H](CNCCC(F)(F)F)C4C4CCC4)cn3)nc(C)c2n1. The number of amides is 1. The van der Waals surface area contributed by atoms with Crippen LogP contribution >= 0.6 is 0 Å². The van der Waals surface area contributed by atoms with E-state index < -0.39 is 18.5 Å². The number of fused-ring (bicyclic) bond motifs is 1. The fraction of sp³-hybridized carbons (Fsp3) is 0.560. The van der Waals surface area contributed by atoms with Crippen molar-refractivity contribution in [2.45, 2.75) is 58.2 Å². The van der Waals surface area contributed by atoms with E-state index >= 15 is 0 Å². The molecule has 1 aliphatic heterocycles. The number of halogens is 3. The molecule has 0 bridgehead atoms. The van der Waals surface area contributed by atoms with Crippen molar-refractivity contribution in [3.63, 3.8) is 0 Å². The lowest BCUT2D eigenvalue weighted by molar-refractivity contribution is -0.133. The summed E-state index contributed by atoms with van der Waals surface area (Å²) in [5.74, 6) is 1.42. The van der Waals surface area contributed by atoms with E-state index in [4.69, 9.17) is 0 Å². The lowest BCUT2D eigenvalue weighted by Gasteiger charge is -2.40. The molecule has 1 amide bonds. The first-order valence-electron chi connectivity index (χ1n) is 12.7. The third kappa shape index (κ3) is 5.68. The van der Waals surface area contributed by atoms with Gasteiger partial charge in [-0.3, -0.25) is 4.79 Å². The number of nitrogens with zero attached hydrogens (tertiary/aromatic N) is 6. The Morgan fingerprint density at radius 1 is 1.11 bits per heavy atom. The Morgan fingerprint density at radius 2 is 1.92 bits per heavy atom. The van der Waals surface area contributed by atoms with E-state index in [0.717, 1.165) is 37.1 Å². The highest BCUT2D eigenvalue weighted by molar-refractivity contribution is 6.02. The molecule has 3 aromatic rings. The van der Waals surface area contributed by atoms with E-state index in [1.807, 2.05) is 24.4 Å². The zero-order valence-electron chi connectivity index (χ0n) is 20.9. The molecule has 2 atom stereocenters. The Hall–Kier alpha value is -3.28. The summed E-state index contributed by atoms with van der Waals surface area (Å²) in [5, 5.41) is 5.78. The van der Waals surface area contributed by atoms with Gasteiger partial charge in [0.1, 0.15) is 17.3 Å². The van der Waals surface area contributed by atoms with Crippen LogP contribution in [0.25, 0.3) is 5.65 Å². The molecule has 0 spiro atoms. The molecule has 1 unspecified atom stereocenters. The van der Waals surface area contributed by atoms with Gasteiger partial charge >= 0.3 is 6.18 Å². The number of anilines is 2.